The second-order valence-corrected chi connectivity index (χ2v) is 9.44. The highest BCUT2D eigenvalue weighted by Gasteiger charge is 2.29. The van der Waals surface area contributed by atoms with Crippen molar-refractivity contribution >= 4 is 41.7 Å². The molecule has 0 aromatic heterocycles. The number of rotatable bonds is 10. The van der Waals surface area contributed by atoms with E-state index in [0.29, 0.717) is 41.4 Å². The van der Waals surface area contributed by atoms with Crippen molar-refractivity contribution in [1.82, 2.24) is 10.2 Å². The summed E-state index contributed by atoms with van der Waals surface area (Å²) in [6.07, 6.45) is 1.78. The standard InChI is InChI=1S/C26H34ClFN4O4.ClH/c1-3-19(36-26(30)34)12-23(17-4-6-18(28)7-5-17)32-10-8-16(9-11-32)15-31-25(33)20-13-21(27)22(29)14-24(20)35-2;/h4-7,13-14,16,19,23H,3,8-12,15,29H2,1-2H3,(H2,30,34)(H,31,33);1H. The van der Waals surface area contributed by atoms with Crippen molar-refractivity contribution in [3.8, 4) is 5.75 Å². The topological polar surface area (TPSA) is 120 Å². The molecule has 1 heterocycles. The molecule has 11 heteroatoms. The summed E-state index contributed by atoms with van der Waals surface area (Å²) in [4.78, 5) is 26.4. The molecule has 3 rings (SSSR count). The summed E-state index contributed by atoms with van der Waals surface area (Å²) in [5.74, 6) is 0.0920. The van der Waals surface area contributed by atoms with Crippen molar-refractivity contribution in [3.63, 3.8) is 0 Å². The molecule has 1 aliphatic heterocycles. The first-order valence-corrected chi connectivity index (χ1v) is 12.5. The van der Waals surface area contributed by atoms with Crippen LogP contribution in [0.1, 0.15) is 54.6 Å². The van der Waals surface area contributed by atoms with Crippen molar-refractivity contribution < 1.29 is 23.5 Å². The van der Waals surface area contributed by atoms with E-state index in [1.807, 2.05) is 6.92 Å². The minimum atomic E-state index is -0.798. The van der Waals surface area contributed by atoms with Gasteiger partial charge in [-0.2, -0.15) is 0 Å². The van der Waals surface area contributed by atoms with Gasteiger partial charge in [0.25, 0.3) is 5.91 Å². The average Bonchev–Trinajstić information content (AvgIpc) is 2.87. The maximum atomic E-state index is 13.6. The Kier molecular flexibility index (Phi) is 11.7. The van der Waals surface area contributed by atoms with Gasteiger partial charge in [-0.15, -0.1) is 12.4 Å². The maximum absolute atomic E-state index is 13.6. The Hall–Kier alpha value is -2.75. The minimum absolute atomic E-state index is 0. The van der Waals surface area contributed by atoms with Crippen molar-refractivity contribution in [2.75, 3.05) is 32.5 Å². The van der Waals surface area contributed by atoms with Gasteiger partial charge in [0.15, 0.2) is 0 Å². The number of benzene rings is 2. The zero-order chi connectivity index (χ0) is 26.2. The zero-order valence-electron chi connectivity index (χ0n) is 21.0. The predicted molar refractivity (Wildman–Crippen MR) is 145 cm³/mol. The normalized spacial score (nSPS) is 15.8. The van der Waals surface area contributed by atoms with Gasteiger partial charge in [0.05, 0.1) is 23.4 Å². The lowest BCUT2D eigenvalue weighted by molar-refractivity contribution is 0.0566. The van der Waals surface area contributed by atoms with E-state index in [-0.39, 0.29) is 42.2 Å². The van der Waals surface area contributed by atoms with Crippen LogP contribution in [0.15, 0.2) is 36.4 Å². The Morgan fingerprint density at radius 2 is 1.86 bits per heavy atom. The summed E-state index contributed by atoms with van der Waals surface area (Å²) in [5, 5.41) is 3.28. The molecule has 0 bridgehead atoms. The molecule has 0 aliphatic carbocycles. The monoisotopic (exact) mass is 556 g/mol. The van der Waals surface area contributed by atoms with Crippen molar-refractivity contribution in [2.24, 2.45) is 11.7 Å². The molecule has 37 heavy (non-hydrogen) atoms. The predicted octanol–water partition coefficient (Wildman–Crippen LogP) is 4.94. The molecule has 0 radical (unpaired) electrons. The van der Waals surface area contributed by atoms with E-state index in [9.17, 15) is 14.0 Å². The van der Waals surface area contributed by atoms with E-state index in [1.165, 1.54) is 31.4 Å². The Bertz CT molecular complexity index is 1050. The van der Waals surface area contributed by atoms with Gasteiger partial charge in [-0.05, 0) is 62.0 Å². The van der Waals surface area contributed by atoms with E-state index in [1.54, 1.807) is 12.1 Å². The summed E-state index contributed by atoms with van der Waals surface area (Å²) in [6, 6.07) is 9.43. The van der Waals surface area contributed by atoms with Gasteiger partial charge in [0.2, 0.25) is 0 Å². The van der Waals surface area contributed by atoms with Gasteiger partial charge >= 0.3 is 6.09 Å². The summed E-state index contributed by atoms with van der Waals surface area (Å²) in [5.41, 5.74) is 12.7. The number of amides is 2. The highest BCUT2D eigenvalue weighted by molar-refractivity contribution is 6.33. The minimum Gasteiger partial charge on any atom is -0.496 e. The largest absolute Gasteiger partial charge is 0.496 e. The smallest absolute Gasteiger partial charge is 0.404 e. The number of likely N-dealkylation sites (tertiary alicyclic amines) is 1. The summed E-state index contributed by atoms with van der Waals surface area (Å²) < 4.78 is 24.1. The van der Waals surface area contributed by atoms with Gasteiger partial charge in [0.1, 0.15) is 17.7 Å². The van der Waals surface area contributed by atoms with Gasteiger partial charge in [-0.1, -0.05) is 30.7 Å². The van der Waals surface area contributed by atoms with E-state index in [4.69, 9.17) is 32.5 Å². The molecule has 0 saturated carbocycles. The number of ether oxygens (including phenoxy) is 2. The number of piperidine rings is 1. The van der Waals surface area contributed by atoms with E-state index < -0.39 is 6.09 Å². The van der Waals surface area contributed by atoms with Gasteiger partial charge < -0.3 is 26.3 Å². The molecule has 0 spiro atoms. The summed E-state index contributed by atoms with van der Waals surface area (Å²) >= 11 is 6.09. The van der Waals surface area contributed by atoms with Crippen LogP contribution in [0.25, 0.3) is 0 Å². The van der Waals surface area contributed by atoms with Crippen LogP contribution < -0.4 is 21.5 Å². The van der Waals surface area contributed by atoms with E-state index >= 15 is 0 Å². The number of anilines is 1. The highest BCUT2D eigenvalue weighted by atomic mass is 35.5. The number of primary amides is 1. The molecule has 1 aliphatic rings. The van der Waals surface area contributed by atoms with Gasteiger partial charge in [-0.3, -0.25) is 9.69 Å². The van der Waals surface area contributed by atoms with Crippen LogP contribution in [-0.4, -0.2) is 49.7 Å². The van der Waals surface area contributed by atoms with Crippen molar-refractivity contribution in [1.29, 1.82) is 0 Å². The van der Waals surface area contributed by atoms with E-state index in [0.717, 1.165) is 31.5 Å². The number of nitrogens with one attached hydrogen (secondary N) is 1. The second kappa shape index (κ2) is 14.3. The molecular weight excluding hydrogens is 522 g/mol. The molecule has 1 saturated heterocycles. The van der Waals surface area contributed by atoms with Crippen LogP contribution in [0.4, 0.5) is 14.9 Å². The lowest BCUT2D eigenvalue weighted by atomic mass is 9.91. The Balaban J connectivity index is 0.00000481. The molecular formula is C26H35Cl2FN4O4. The van der Waals surface area contributed by atoms with Crippen LogP contribution in [0.3, 0.4) is 0 Å². The number of nitrogen functional groups attached to an aromatic ring is 1. The number of hydrogen-bond acceptors (Lipinski definition) is 6. The molecule has 204 valence electrons. The number of carbonyl (C=O) groups excluding carboxylic acids is 2. The Labute approximate surface area is 228 Å². The second-order valence-electron chi connectivity index (χ2n) is 9.03. The number of carbonyl (C=O) groups is 2. The van der Waals surface area contributed by atoms with Gasteiger partial charge in [0, 0.05) is 25.1 Å². The number of halogens is 3. The van der Waals surface area contributed by atoms with Crippen LogP contribution >= 0.6 is 24.0 Å². The third-order valence-electron chi connectivity index (χ3n) is 6.68. The molecule has 2 amide bonds. The summed E-state index contributed by atoms with van der Waals surface area (Å²) in [6.45, 7) is 4.02. The van der Waals surface area contributed by atoms with Crippen LogP contribution in [0.2, 0.25) is 5.02 Å². The fourth-order valence-electron chi connectivity index (χ4n) is 4.61. The summed E-state index contributed by atoms with van der Waals surface area (Å²) in [7, 11) is 1.48. The fraction of sp³-hybridized carbons (Fsp3) is 0.462. The average molecular weight is 557 g/mol. The van der Waals surface area contributed by atoms with Gasteiger partial charge in [-0.25, -0.2) is 9.18 Å². The molecule has 2 aromatic carbocycles. The first-order valence-electron chi connectivity index (χ1n) is 12.1. The molecule has 2 aromatic rings. The lowest BCUT2D eigenvalue weighted by Crippen LogP contribution is -2.41. The third kappa shape index (κ3) is 8.38. The third-order valence-corrected chi connectivity index (χ3v) is 7.01. The van der Waals surface area contributed by atoms with Crippen LogP contribution in [0, 0.1) is 11.7 Å². The number of nitrogens with zero attached hydrogens (tertiary/aromatic N) is 1. The quantitative estimate of drug-likeness (QED) is 0.356. The number of nitrogens with two attached hydrogens (primary N) is 2. The molecule has 8 nitrogen and oxygen atoms in total. The Morgan fingerprint density at radius 1 is 1.22 bits per heavy atom. The van der Waals surface area contributed by atoms with Crippen molar-refractivity contribution in [3.05, 3.63) is 58.4 Å². The number of hydrogen-bond donors (Lipinski definition) is 3. The molecule has 2 atom stereocenters. The van der Waals surface area contributed by atoms with E-state index in [2.05, 4.69) is 10.2 Å². The maximum Gasteiger partial charge on any atom is 0.404 e. The zero-order valence-corrected chi connectivity index (χ0v) is 22.6. The molecule has 2 unspecified atom stereocenters. The highest BCUT2D eigenvalue weighted by Crippen LogP contribution is 2.32. The van der Waals surface area contributed by atoms with Crippen LogP contribution in [-0.2, 0) is 4.74 Å². The first-order chi connectivity index (χ1) is 17.2. The Morgan fingerprint density at radius 3 is 2.43 bits per heavy atom. The van der Waals surface area contributed by atoms with Crippen LogP contribution in [0.5, 0.6) is 5.75 Å². The fourth-order valence-corrected chi connectivity index (χ4v) is 4.77. The lowest BCUT2D eigenvalue weighted by Gasteiger charge is -2.39. The first kappa shape index (κ1) is 30.5. The number of methoxy groups -OCH3 is 1. The van der Waals surface area contributed by atoms with Crippen molar-refractivity contribution in [2.45, 2.75) is 44.8 Å². The SMILES string of the molecule is CCC(CC(c1ccc(F)cc1)N1CCC(CNC(=O)c2cc(Cl)c(N)cc2OC)CC1)OC(N)=O.Cl. The molecule has 5 N–H and O–H groups in total. The molecule has 1 fully saturated rings.